The molecule has 10 heteroatoms. The molecule has 1 fully saturated rings. The van der Waals surface area contributed by atoms with Gasteiger partial charge >= 0.3 is 6.18 Å². The third-order valence-electron chi connectivity index (χ3n) is 3.76. The second kappa shape index (κ2) is 7.46. The van der Waals surface area contributed by atoms with E-state index in [9.17, 15) is 18.0 Å². The molecule has 6 nitrogen and oxygen atoms in total. The van der Waals surface area contributed by atoms with Gasteiger partial charge in [0, 0.05) is 19.2 Å². The zero-order chi connectivity index (χ0) is 18.7. The van der Waals surface area contributed by atoms with E-state index in [1.165, 1.54) is 12.4 Å². The Hall–Kier alpha value is -2.39. The number of alkyl halides is 3. The van der Waals surface area contributed by atoms with Gasteiger partial charge in [-0.3, -0.25) is 4.79 Å². The van der Waals surface area contributed by atoms with Crippen LogP contribution >= 0.6 is 11.6 Å². The molecule has 0 atom stereocenters. The van der Waals surface area contributed by atoms with Crippen LogP contribution in [0.3, 0.4) is 0 Å². The number of amides is 1. The Kier molecular flexibility index (Phi) is 5.28. The molecule has 26 heavy (non-hydrogen) atoms. The van der Waals surface area contributed by atoms with Crippen LogP contribution in [0.4, 0.5) is 24.7 Å². The molecule has 0 aliphatic carbocycles. The van der Waals surface area contributed by atoms with Crippen molar-refractivity contribution in [3.05, 3.63) is 46.9 Å². The van der Waals surface area contributed by atoms with Crippen LogP contribution < -0.4 is 10.2 Å². The molecule has 1 aromatic heterocycles. The first-order chi connectivity index (χ1) is 12.3. The van der Waals surface area contributed by atoms with Crippen LogP contribution in [0.2, 0.25) is 5.02 Å². The number of anilines is 2. The van der Waals surface area contributed by atoms with Crippen LogP contribution in [0.5, 0.6) is 0 Å². The number of halogens is 4. The summed E-state index contributed by atoms with van der Waals surface area (Å²) in [5.41, 5.74) is -1.03. The molecule has 138 valence electrons. The number of nitrogens with zero attached hydrogens (tertiary/aromatic N) is 3. The molecule has 0 unspecified atom stereocenters. The monoisotopic (exact) mass is 386 g/mol. The SMILES string of the molecule is O=C(Nc1cc(C(F)(F)F)ccc1Cl)c1cc(N2CCOCC2)ncn1. The maximum absolute atomic E-state index is 12.8. The fraction of sp³-hybridized carbons (Fsp3) is 0.312. The lowest BCUT2D eigenvalue weighted by atomic mass is 10.2. The summed E-state index contributed by atoms with van der Waals surface area (Å²) in [6.07, 6.45) is -3.31. The highest BCUT2D eigenvalue weighted by atomic mass is 35.5. The van der Waals surface area contributed by atoms with Crippen molar-refractivity contribution in [1.29, 1.82) is 0 Å². The van der Waals surface area contributed by atoms with Crippen LogP contribution in [0, 0.1) is 0 Å². The molecule has 1 aliphatic heterocycles. The van der Waals surface area contributed by atoms with Crippen molar-refractivity contribution < 1.29 is 22.7 Å². The molecule has 2 heterocycles. The van der Waals surface area contributed by atoms with Crippen LogP contribution in [-0.2, 0) is 10.9 Å². The normalized spacial score (nSPS) is 15.0. The third-order valence-corrected chi connectivity index (χ3v) is 4.09. The Morgan fingerprint density at radius 1 is 1.19 bits per heavy atom. The zero-order valence-electron chi connectivity index (χ0n) is 13.4. The maximum atomic E-state index is 12.8. The minimum absolute atomic E-state index is 0.00573. The van der Waals surface area contributed by atoms with E-state index in [1.807, 2.05) is 4.90 Å². The molecular formula is C16H14ClF3N4O2. The predicted octanol–water partition coefficient (Wildman–Crippen LogP) is 3.24. The fourth-order valence-electron chi connectivity index (χ4n) is 2.42. The zero-order valence-corrected chi connectivity index (χ0v) is 14.1. The van der Waals surface area contributed by atoms with Gasteiger partial charge in [-0.2, -0.15) is 13.2 Å². The molecule has 1 N–H and O–H groups in total. The van der Waals surface area contributed by atoms with Gasteiger partial charge in [-0.1, -0.05) is 11.6 Å². The van der Waals surface area contributed by atoms with E-state index >= 15 is 0 Å². The molecule has 0 saturated carbocycles. The first-order valence-corrected chi connectivity index (χ1v) is 8.05. The predicted molar refractivity (Wildman–Crippen MR) is 89.5 cm³/mol. The van der Waals surface area contributed by atoms with E-state index in [0.717, 1.165) is 18.2 Å². The summed E-state index contributed by atoms with van der Waals surface area (Å²) in [4.78, 5) is 22.3. The third kappa shape index (κ3) is 4.23. The molecule has 1 aromatic carbocycles. The summed E-state index contributed by atoms with van der Waals surface area (Å²) < 4.78 is 43.7. The second-order valence-electron chi connectivity index (χ2n) is 5.51. The van der Waals surface area contributed by atoms with Gasteiger partial charge in [0.25, 0.3) is 5.91 Å². The summed E-state index contributed by atoms with van der Waals surface area (Å²) in [7, 11) is 0. The number of carbonyl (C=O) groups excluding carboxylic acids is 1. The lowest BCUT2D eigenvalue weighted by molar-refractivity contribution is -0.137. The van der Waals surface area contributed by atoms with E-state index in [2.05, 4.69) is 15.3 Å². The highest BCUT2D eigenvalue weighted by molar-refractivity contribution is 6.33. The van der Waals surface area contributed by atoms with Crippen molar-refractivity contribution in [3.8, 4) is 0 Å². The van der Waals surface area contributed by atoms with Crippen molar-refractivity contribution in [1.82, 2.24) is 9.97 Å². The molecule has 0 bridgehead atoms. The van der Waals surface area contributed by atoms with Gasteiger partial charge in [0.1, 0.15) is 17.8 Å². The van der Waals surface area contributed by atoms with Crippen LogP contribution in [-0.4, -0.2) is 42.2 Å². The van der Waals surface area contributed by atoms with E-state index in [0.29, 0.717) is 32.1 Å². The summed E-state index contributed by atoms with van der Waals surface area (Å²) in [5.74, 6) is -0.133. The minimum atomic E-state index is -4.54. The topological polar surface area (TPSA) is 67.4 Å². The number of ether oxygens (including phenoxy) is 1. The average Bonchev–Trinajstić information content (AvgIpc) is 2.63. The lowest BCUT2D eigenvalue weighted by Crippen LogP contribution is -2.37. The minimum Gasteiger partial charge on any atom is -0.378 e. The van der Waals surface area contributed by atoms with Crippen LogP contribution in [0.15, 0.2) is 30.6 Å². The number of nitrogens with one attached hydrogen (secondary N) is 1. The van der Waals surface area contributed by atoms with E-state index in [-0.39, 0.29) is 16.4 Å². The molecule has 0 radical (unpaired) electrons. The molecule has 1 saturated heterocycles. The molecule has 3 rings (SSSR count). The number of hydrogen-bond donors (Lipinski definition) is 1. The number of aromatic nitrogens is 2. The van der Waals surface area contributed by atoms with Gasteiger partial charge in [0.2, 0.25) is 0 Å². The van der Waals surface area contributed by atoms with Crippen molar-refractivity contribution in [2.45, 2.75) is 6.18 Å². The Labute approximate surface area is 151 Å². The number of benzene rings is 1. The largest absolute Gasteiger partial charge is 0.416 e. The Morgan fingerprint density at radius 2 is 1.92 bits per heavy atom. The number of morpholine rings is 1. The Balaban J connectivity index is 1.80. The van der Waals surface area contributed by atoms with Crippen molar-refractivity contribution in [3.63, 3.8) is 0 Å². The quantitative estimate of drug-likeness (QED) is 0.877. The standard InChI is InChI=1S/C16H14ClF3N4O2/c17-11-2-1-10(16(18,19)20)7-12(11)23-15(25)13-8-14(22-9-21-13)24-3-5-26-6-4-24/h1-2,7-9H,3-6H2,(H,23,25). The van der Waals surface area contributed by atoms with E-state index in [4.69, 9.17) is 16.3 Å². The maximum Gasteiger partial charge on any atom is 0.416 e. The van der Waals surface area contributed by atoms with Crippen molar-refractivity contribution in [2.24, 2.45) is 0 Å². The van der Waals surface area contributed by atoms with Crippen molar-refractivity contribution in [2.75, 3.05) is 36.5 Å². The van der Waals surface area contributed by atoms with E-state index < -0.39 is 17.6 Å². The number of carbonyl (C=O) groups is 1. The molecular weight excluding hydrogens is 373 g/mol. The Morgan fingerprint density at radius 3 is 2.62 bits per heavy atom. The van der Waals surface area contributed by atoms with Gasteiger partial charge in [-0.15, -0.1) is 0 Å². The van der Waals surface area contributed by atoms with Gasteiger partial charge in [0.05, 0.1) is 29.5 Å². The van der Waals surface area contributed by atoms with Gasteiger partial charge in [-0.25, -0.2) is 9.97 Å². The average molecular weight is 387 g/mol. The lowest BCUT2D eigenvalue weighted by Gasteiger charge is -2.27. The van der Waals surface area contributed by atoms with E-state index in [1.54, 1.807) is 0 Å². The van der Waals surface area contributed by atoms with Gasteiger partial charge < -0.3 is 15.0 Å². The van der Waals surface area contributed by atoms with Crippen LogP contribution in [0.25, 0.3) is 0 Å². The number of hydrogen-bond acceptors (Lipinski definition) is 5. The van der Waals surface area contributed by atoms with Crippen molar-refractivity contribution >= 4 is 29.0 Å². The fourth-order valence-corrected chi connectivity index (χ4v) is 2.59. The molecule has 1 amide bonds. The molecule has 2 aromatic rings. The van der Waals surface area contributed by atoms with Gasteiger partial charge in [0.15, 0.2) is 0 Å². The first-order valence-electron chi connectivity index (χ1n) is 7.67. The highest BCUT2D eigenvalue weighted by Gasteiger charge is 2.31. The summed E-state index contributed by atoms with van der Waals surface area (Å²) >= 11 is 5.89. The Bertz CT molecular complexity index is 810. The number of rotatable bonds is 3. The molecule has 0 spiro atoms. The van der Waals surface area contributed by atoms with Gasteiger partial charge in [-0.05, 0) is 18.2 Å². The van der Waals surface area contributed by atoms with Crippen LogP contribution in [0.1, 0.15) is 16.1 Å². The first kappa shape index (κ1) is 18.4. The molecule has 1 aliphatic rings. The summed E-state index contributed by atoms with van der Waals surface area (Å²) in [6.45, 7) is 2.34. The highest BCUT2D eigenvalue weighted by Crippen LogP contribution is 2.34. The second-order valence-corrected chi connectivity index (χ2v) is 5.91. The summed E-state index contributed by atoms with van der Waals surface area (Å²) in [6, 6.07) is 4.19. The smallest absolute Gasteiger partial charge is 0.378 e. The summed E-state index contributed by atoms with van der Waals surface area (Å²) in [5, 5.41) is 2.36.